The first-order valence-electron chi connectivity index (χ1n) is 7.34. The molecule has 0 N–H and O–H groups in total. The van der Waals surface area contributed by atoms with E-state index in [1.165, 1.54) is 16.6 Å². The highest BCUT2D eigenvalue weighted by Crippen LogP contribution is 2.29. The number of aryl methyl sites for hydroxylation is 2. The van der Waals surface area contributed by atoms with Crippen LogP contribution in [0.5, 0.6) is 0 Å². The summed E-state index contributed by atoms with van der Waals surface area (Å²) in [4.78, 5) is 19.7. The Balaban J connectivity index is 2.16. The molecule has 1 unspecified atom stereocenters. The maximum atomic E-state index is 12.9. The molecule has 6 heteroatoms. The van der Waals surface area contributed by atoms with Gasteiger partial charge in [0.25, 0.3) is 5.56 Å². The second-order valence-corrected chi connectivity index (χ2v) is 7.30. The molecular formula is C15H20N2O2S2. The van der Waals surface area contributed by atoms with E-state index in [4.69, 9.17) is 9.72 Å². The Hall–Kier alpha value is -0.850. The summed E-state index contributed by atoms with van der Waals surface area (Å²) >= 11 is 3.16. The van der Waals surface area contributed by atoms with Crippen molar-refractivity contribution in [2.45, 2.75) is 50.9 Å². The zero-order valence-corrected chi connectivity index (χ0v) is 14.3. The smallest absolute Gasteiger partial charge is 0.263 e. The van der Waals surface area contributed by atoms with Crippen LogP contribution in [0.2, 0.25) is 0 Å². The molecule has 0 amide bonds. The minimum atomic E-state index is 0.0982. The number of rotatable bonds is 4. The van der Waals surface area contributed by atoms with Crippen molar-refractivity contribution in [2.24, 2.45) is 0 Å². The maximum absolute atomic E-state index is 12.9. The van der Waals surface area contributed by atoms with E-state index in [0.29, 0.717) is 6.54 Å². The quantitative estimate of drug-likeness (QED) is 0.640. The molecule has 1 atom stereocenters. The van der Waals surface area contributed by atoms with E-state index in [-0.39, 0.29) is 11.7 Å². The molecule has 0 spiro atoms. The molecule has 2 aromatic heterocycles. The summed E-state index contributed by atoms with van der Waals surface area (Å²) in [5, 5.41) is 1.61. The van der Waals surface area contributed by atoms with Crippen molar-refractivity contribution in [2.75, 3.05) is 12.9 Å². The standard InChI is InChI=1S/C15H20N2O2S2/c1-4-11-9(2)21-13-12(11)14(18)17(15(16-13)20-3)8-10-6-5-7-19-10/h10H,4-8H2,1-3H3. The largest absolute Gasteiger partial charge is 0.376 e. The zero-order valence-electron chi connectivity index (χ0n) is 12.6. The highest BCUT2D eigenvalue weighted by molar-refractivity contribution is 7.98. The van der Waals surface area contributed by atoms with E-state index in [1.807, 2.05) is 10.8 Å². The Bertz CT molecular complexity index is 715. The molecule has 1 fully saturated rings. The number of hydrogen-bond acceptors (Lipinski definition) is 5. The van der Waals surface area contributed by atoms with Gasteiger partial charge < -0.3 is 4.74 Å². The fourth-order valence-electron chi connectivity index (χ4n) is 2.97. The number of thiophene rings is 1. The van der Waals surface area contributed by atoms with Crippen LogP contribution < -0.4 is 5.56 Å². The van der Waals surface area contributed by atoms with E-state index in [2.05, 4.69) is 13.8 Å². The average Bonchev–Trinajstić information content (AvgIpc) is 3.08. The van der Waals surface area contributed by atoms with E-state index in [0.717, 1.165) is 46.8 Å². The summed E-state index contributed by atoms with van der Waals surface area (Å²) in [6.45, 7) is 5.60. The number of aromatic nitrogens is 2. The minimum Gasteiger partial charge on any atom is -0.376 e. The van der Waals surface area contributed by atoms with Crippen LogP contribution in [0.1, 0.15) is 30.2 Å². The van der Waals surface area contributed by atoms with Gasteiger partial charge in [-0.3, -0.25) is 9.36 Å². The molecule has 0 radical (unpaired) electrons. The molecule has 3 heterocycles. The summed E-state index contributed by atoms with van der Waals surface area (Å²) in [5.41, 5.74) is 1.25. The van der Waals surface area contributed by atoms with Crippen LogP contribution in [-0.4, -0.2) is 28.5 Å². The molecule has 3 rings (SSSR count). The summed E-state index contributed by atoms with van der Waals surface area (Å²) in [6, 6.07) is 0. The Morgan fingerprint density at radius 2 is 2.33 bits per heavy atom. The summed E-state index contributed by atoms with van der Waals surface area (Å²) in [5.74, 6) is 0. The molecule has 0 aliphatic carbocycles. The van der Waals surface area contributed by atoms with Gasteiger partial charge >= 0.3 is 0 Å². The van der Waals surface area contributed by atoms with Crippen LogP contribution in [0, 0.1) is 6.92 Å². The second-order valence-electron chi connectivity index (χ2n) is 5.32. The van der Waals surface area contributed by atoms with Crippen molar-refractivity contribution in [3.63, 3.8) is 0 Å². The number of thioether (sulfide) groups is 1. The molecule has 21 heavy (non-hydrogen) atoms. The lowest BCUT2D eigenvalue weighted by molar-refractivity contribution is 0.0937. The van der Waals surface area contributed by atoms with Crippen LogP contribution in [0.3, 0.4) is 0 Å². The van der Waals surface area contributed by atoms with Crippen molar-refractivity contribution in [3.8, 4) is 0 Å². The van der Waals surface area contributed by atoms with Gasteiger partial charge in [0.15, 0.2) is 5.16 Å². The highest BCUT2D eigenvalue weighted by Gasteiger charge is 2.22. The third-order valence-corrected chi connectivity index (χ3v) is 5.74. The average molecular weight is 324 g/mol. The van der Waals surface area contributed by atoms with Crippen LogP contribution in [0.4, 0.5) is 0 Å². The van der Waals surface area contributed by atoms with Crippen molar-refractivity contribution in [1.82, 2.24) is 9.55 Å². The first-order chi connectivity index (χ1) is 10.2. The van der Waals surface area contributed by atoms with Gasteiger partial charge in [-0.15, -0.1) is 11.3 Å². The fraction of sp³-hybridized carbons (Fsp3) is 0.600. The number of fused-ring (bicyclic) bond motifs is 1. The molecule has 1 aliphatic rings. The van der Waals surface area contributed by atoms with Gasteiger partial charge in [0.1, 0.15) is 4.83 Å². The third-order valence-electron chi connectivity index (χ3n) is 4.02. The summed E-state index contributed by atoms with van der Waals surface area (Å²) in [7, 11) is 0. The van der Waals surface area contributed by atoms with Crippen molar-refractivity contribution in [1.29, 1.82) is 0 Å². The van der Waals surface area contributed by atoms with Gasteiger partial charge in [0.2, 0.25) is 0 Å². The molecule has 2 aromatic rings. The predicted molar refractivity (Wildman–Crippen MR) is 88.8 cm³/mol. The van der Waals surface area contributed by atoms with Gasteiger partial charge in [0.05, 0.1) is 18.0 Å². The van der Waals surface area contributed by atoms with E-state index in [1.54, 1.807) is 11.3 Å². The van der Waals surface area contributed by atoms with Crippen molar-refractivity contribution in [3.05, 3.63) is 20.8 Å². The van der Waals surface area contributed by atoms with Crippen LogP contribution in [0.25, 0.3) is 10.2 Å². The van der Waals surface area contributed by atoms with Gasteiger partial charge in [0, 0.05) is 11.5 Å². The van der Waals surface area contributed by atoms with Gasteiger partial charge in [-0.2, -0.15) is 0 Å². The van der Waals surface area contributed by atoms with E-state index in [9.17, 15) is 4.79 Å². The summed E-state index contributed by atoms with van der Waals surface area (Å²) < 4.78 is 7.50. The van der Waals surface area contributed by atoms with Crippen molar-refractivity contribution < 1.29 is 4.74 Å². The molecule has 1 aliphatic heterocycles. The lowest BCUT2D eigenvalue weighted by Crippen LogP contribution is -2.28. The first kappa shape index (κ1) is 15.1. The lowest BCUT2D eigenvalue weighted by atomic mass is 10.1. The fourth-order valence-corrected chi connectivity index (χ4v) is 4.69. The van der Waals surface area contributed by atoms with Crippen molar-refractivity contribution >= 4 is 33.3 Å². The molecule has 0 aromatic carbocycles. The molecular weight excluding hydrogens is 304 g/mol. The summed E-state index contributed by atoms with van der Waals surface area (Å²) in [6.07, 6.45) is 5.11. The number of ether oxygens (including phenoxy) is 1. The first-order valence-corrected chi connectivity index (χ1v) is 9.38. The van der Waals surface area contributed by atoms with E-state index >= 15 is 0 Å². The molecule has 0 bridgehead atoms. The molecule has 1 saturated heterocycles. The SMILES string of the molecule is CCc1c(C)sc2nc(SC)n(CC3CCCO3)c(=O)c12. The van der Waals surface area contributed by atoms with Gasteiger partial charge in [-0.25, -0.2) is 4.98 Å². The van der Waals surface area contributed by atoms with Crippen LogP contribution in [-0.2, 0) is 17.7 Å². The maximum Gasteiger partial charge on any atom is 0.263 e. The predicted octanol–water partition coefficient (Wildman–Crippen LogP) is 3.23. The normalized spacial score (nSPS) is 18.7. The molecule has 0 saturated carbocycles. The monoisotopic (exact) mass is 324 g/mol. The zero-order chi connectivity index (χ0) is 15.0. The second kappa shape index (κ2) is 6.10. The third kappa shape index (κ3) is 2.64. The van der Waals surface area contributed by atoms with Crippen LogP contribution >= 0.6 is 23.1 Å². The van der Waals surface area contributed by atoms with Gasteiger partial charge in [-0.1, -0.05) is 18.7 Å². The Morgan fingerprint density at radius 1 is 1.52 bits per heavy atom. The number of hydrogen-bond donors (Lipinski definition) is 0. The molecule has 114 valence electrons. The topological polar surface area (TPSA) is 44.1 Å². The molecule has 4 nitrogen and oxygen atoms in total. The Kier molecular flexibility index (Phi) is 4.38. The number of nitrogens with zero attached hydrogens (tertiary/aromatic N) is 2. The van der Waals surface area contributed by atoms with E-state index < -0.39 is 0 Å². The lowest BCUT2D eigenvalue weighted by Gasteiger charge is -2.15. The Morgan fingerprint density at radius 3 is 2.95 bits per heavy atom. The van der Waals surface area contributed by atoms with Gasteiger partial charge in [-0.05, 0) is 38.0 Å². The Labute approximate surface area is 132 Å². The minimum absolute atomic E-state index is 0.0982. The van der Waals surface area contributed by atoms with Crippen LogP contribution in [0.15, 0.2) is 9.95 Å². The highest BCUT2D eigenvalue weighted by atomic mass is 32.2.